The minimum Gasteiger partial charge on any atom is -0.335 e. The first-order chi connectivity index (χ1) is 6.74. The van der Waals surface area contributed by atoms with E-state index in [-0.39, 0.29) is 6.03 Å². The lowest BCUT2D eigenvalue weighted by molar-refractivity contribution is 0.251. The van der Waals surface area contributed by atoms with Gasteiger partial charge in [-0.05, 0) is 37.5 Å². The van der Waals surface area contributed by atoms with Crippen molar-refractivity contribution in [2.24, 2.45) is 0 Å². The molecule has 74 valence electrons. The molecule has 14 heavy (non-hydrogen) atoms. The van der Waals surface area contributed by atoms with E-state index in [1.165, 1.54) is 0 Å². The van der Waals surface area contributed by atoms with E-state index in [2.05, 4.69) is 10.6 Å². The Morgan fingerprint density at radius 1 is 1.43 bits per heavy atom. The van der Waals surface area contributed by atoms with E-state index in [9.17, 15) is 4.79 Å². The summed E-state index contributed by atoms with van der Waals surface area (Å²) >= 11 is 0. The smallest absolute Gasteiger partial charge is 0.319 e. The number of carbonyl (C=O) groups is 1. The molecule has 0 unspecified atom stereocenters. The molecule has 1 aromatic rings. The van der Waals surface area contributed by atoms with Crippen LogP contribution in [0.15, 0.2) is 24.3 Å². The molecule has 1 aliphatic rings. The minimum atomic E-state index is -0.0990. The fraction of sp³-hybridized carbons (Fsp3) is 0.364. The first-order valence-electron chi connectivity index (χ1n) is 4.88. The van der Waals surface area contributed by atoms with Gasteiger partial charge in [-0.1, -0.05) is 12.1 Å². The number of anilines is 1. The number of aryl methyl sites for hydroxylation is 1. The molecular formula is C11H14N2O. The number of nitrogens with one attached hydrogen (secondary N) is 2. The first-order valence-corrected chi connectivity index (χ1v) is 4.88. The van der Waals surface area contributed by atoms with Crippen molar-refractivity contribution >= 4 is 11.7 Å². The van der Waals surface area contributed by atoms with Gasteiger partial charge in [-0.3, -0.25) is 0 Å². The average molecular weight is 190 g/mol. The molecular weight excluding hydrogens is 176 g/mol. The van der Waals surface area contributed by atoms with Crippen LogP contribution in [-0.2, 0) is 0 Å². The Balaban J connectivity index is 1.92. The normalized spacial score (nSPS) is 14.9. The van der Waals surface area contributed by atoms with Crippen molar-refractivity contribution in [3.05, 3.63) is 29.8 Å². The second-order valence-electron chi connectivity index (χ2n) is 3.74. The van der Waals surface area contributed by atoms with Crippen LogP contribution >= 0.6 is 0 Å². The minimum absolute atomic E-state index is 0.0990. The van der Waals surface area contributed by atoms with E-state index >= 15 is 0 Å². The molecule has 0 radical (unpaired) electrons. The lowest BCUT2D eigenvalue weighted by atomic mass is 10.2. The van der Waals surface area contributed by atoms with E-state index in [4.69, 9.17) is 0 Å². The highest BCUT2D eigenvalue weighted by Crippen LogP contribution is 2.18. The van der Waals surface area contributed by atoms with Crippen LogP contribution in [0.3, 0.4) is 0 Å². The molecule has 3 nitrogen and oxygen atoms in total. The molecule has 1 saturated carbocycles. The summed E-state index contributed by atoms with van der Waals surface area (Å²) in [7, 11) is 0. The highest BCUT2D eigenvalue weighted by molar-refractivity contribution is 5.89. The van der Waals surface area contributed by atoms with Crippen molar-refractivity contribution in [1.29, 1.82) is 0 Å². The van der Waals surface area contributed by atoms with Crippen LogP contribution in [0.5, 0.6) is 0 Å². The van der Waals surface area contributed by atoms with Gasteiger partial charge in [0.15, 0.2) is 0 Å². The lowest BCUT2D eigenvalue weighted by Crippen LogP contribution is -2.30. The number of hydrogen-bond donors (Lipinski definition) is 2. The van der Waals surface area contributed by atoms with Gasteiger partial charge in [0.25, 0.3) is 0 Å². The second kappa shape index (κ2) is 3.70. The van der Waals surface area contributed by atoms with Crippen LogP contribution < -0.4 is 10.6 Å². The summed E-state index contributed by atoms with van der Waals surface area (Å²) in [6.45, 7) is 2.00. The zero-order valence-corrected chi connectivity index (χ0v) is 8.21. The molecule has 1 fully saturated rings. The highest BCUT2D eigenvalue weighted by atomic mass is 16.2. The lowest BCUT2D eigenvalue weighted by Gasteiger charge is -2.06. The second-order valence-corrected chi connectivity index (χ2v) is 3.74. The van der Waals surface area contributed by atoms with Crippen molar-refractivity contribution in [3.8, 4) is 0 Å². The van der Waals surface area contributed by atoms with E-state index in [1.54, 1.807) is 0 Å². The number of hydrogen-bond acceptors (Lipinski definition) is 1. The summed E-state index contributed by atoms with van der Waals surface area (Å²) in [5, 5.41) is 5.68. The Kier molecular flexibility index (Phi) is 2.39. The predicted molar refractivity (Wildman–Crippen MR) is 56.4 cm³/mol. The molecule has 1 aliphatic carbocycles. The average Bonchev–Trinajstić information content (AvgIpc) is 2.87. The number of carbonyl (C=O) groups excluding carboxylic acids is 1. The van der Waals surface area contributed by atoms with Crippen LogP contribution in [0.2, 0.25) is 0 Å². The summed E-state index contributed by atoms with van der Waals surface area (Å²) in [5.41, 5.74) is 2.00. The van der Waals surface area contributed by atoms with Crippen LogP contribution in [0, 0.1) is 6.92 Å². The Morgan fingerprint density at radius 2 is 2.21 bits per heavy atom. The van der Waals surface area contributed by atoms with Gasteiger partial charge in [0.1, 0.15) is 0 Å². The third-order valence-corrected chi connectivity index (χ3v) is 2.19. The molecule has 1 aromatic carbocycles. The van der Waals surface area contributed by atoms with Crippen molar-refractivity contribution in [1.82, 2.24) is 5.32 Å². The molecule has 0 aromatic heterocycles. The van der Waals surface area contributed by atoms with E-state index < -0.39 is 0 Å². The van der Waals surface area contributed by atoms with Gasteiger partial charge in [0.05, 0.1) is 0 Å². The van der Waals surface area contributed by atoms with Crippen molar-refractivity contribution < 1.29 is 4.79 Å². The fourth-order valence-corrected chi connectivity index (χ4v) is 1.30. The van der Waals surface area contributed by atoms with Gasteiger partial charge < -0.3 is 10.6 Å². The summed E-state index contributed by atoms with van der Waals surface area (Å²) in [4.78, 5) is 11.4. The fourth-order valence-electron chi connectivity index (χ4n) is 1.30. The number of urea groups is 1. The Bertz CT molecular complexity index is 345. The van der Waals surface area contributed by atoms with E-state index in [0.717, 1.165) is 24.1 Å². The van der Waals surface area contributed by atoms with Crippen molar-refractivity contribution in [2.75, 3.05) is 5.32 Å². The molecule has 0 heterocycles. The summed E-state index contributed by atoms with van der Waals surface area (Å²) in [5.74, 6) is 0. The third kappa shape index (κ3) is 2.49. The molecule has 3 heteroatoms. The van der Waals surface area contributed by atoms with Gasteiger partial charge in [0, 0.05) is 11.7 Å². The quantitative estimate of drug-likeness (QED) is 0.738. The highest BCUT2D eigenvalue weighted by Gasteiger charge is 2.22. The van der Waals surface area contributed by atoms with Crippen LogP contribution in [0.1, 0.15) is 18.4 Å². The van der Waals surface area contributed by atoms with Crippen molar-refractivity contribution in [3.63, 3.8) is 0 Å². The summed E-state index contributed by atoms with van der Waals surface area (Å²) < 4.78 is 0. The third-order valence-electron chi connectivity index (χ3n) is 2.19. The topological polar surface area (TPSA) is 41.1 Å². The molecule has 0 spiro atoms. The van der Waals surface area contributed by atoms with Crippen LogP contribution in [-0.4, -0.2) is 12.1 Å². The summed E-state index contributed by atoms with van der Waals surface area (Å²) in [6, 6.07) is 8.08. The maximum atomic E-state index is 11.4. The zero-order chi connectivity index (χ0) is 9.97. The summed E-state index contributed by atoms with van der Waals surface area (Å²) in [6.07, 6.45) is 2.22. The van der Waals surface area contributed by atoms with Gasteiger partial charge >= 0.3 is 6.03 Å². The molecule has 0 saturated heterocycles. The standard InChI is InChI=1S/C11H14N2O/c1-8-3-2-4-10(7-8)13-11(14)12-9-5-6-9/h2-4,7,9H,5-6H2,1H3,(H2,12,13,14). The number of benzene rings is 1. The molecule has 2 N–H and O–H groups in total. The molecule has 0 aliphatic heterocycles. The maximum Gasteiger partial charge on any atom is 0.319 e. The first kappa shape index (κ1) is 9.06. The zero-order valence-electron chi connectivity index (χ0n) is 8.21. The van der Waals surface area contributed by atoms with Crippen LogP contribution in [0.4, 0.5) is 10.5 Å². The predicted octanol–water partition coefficient (Wildman–Crippen LogP) is 2.28. The van der Waals surface area contributed by atoms with Gasteiger partial charge in [0.2, 0.25) is 0 Å². The van der Waals surface area contributed by atoms with Crippen molar-refractivity contribution in [2.45, 2.75) is 25.8 Å². The van der Waals surface area contributed by atoms with Gasteiger partial charge in [-0.25, -0.2) is 4.79 Å². The molecule has 0 bridgehead atoms. The van der Waals surface area contributed by atoms with Gasteiger partial charge in [-0.2, -0.15) is 0 Å². The monoisotopic (exact) mass is 190 g/mol. The van der Waals surface area contributed by atoms with E-state index in [0.29, 0.717) is 6.04 Å². The Morgan fingerprint density at radius 3 is 2.86 bits per heavy atom. The number of rotatable bonds is 2. The molecule has 2 rings (SSSR count). The largest absolute Gasteiger partial charge is 0.335 e. The molecule has 2 amide bonds. The van der Waals surface area contributed by atoms with E-state index in [1.807, 2.05) is 31.2 Å². The molecule has 0 atom stereocenters. The van der Waals surface area contributed by atoms with Crippen LogP contribution in [0.25, 0.3) is 0 Å². The van der Waals surface area contributed by atoms with Gasteiger partial charge in [-0.15, -0.1) is 0 Å². The Labute approximate surface area is 83.5 Å². The number of amides is 2. The Hall–Kier alpha value is -1.51. The SMILES string of the molecule is Cc1cccc(NC(=O)NC2CC2)c1. The maximum absolute atomic E-state index is 11.4.